The molecule has 0 radical (unpaired) electrons. The highest BCUT2D eigenvalue weighted by molar-refractivity contribution is 5.95. The van der Waals surface area contributed by atoms with Crippen LogP contribution in [0, 0.1) is 16.7 Å². The van der Waals surface area contributed by atoms with E-state index in [1.807, 2.05) is 4.90 Å². The van der Waals surface area contributed by atoms with Crippen LogP contribution in [0.4, 0.5) is 0 Å². The van der Waals surface area contributed by atoms with Gasteiger partial charge in [-0.1, -0.05) is 6.92 Å². The molecule has 2 heterocycles. The number of guanidine groups is 2. The van der Waals surface area contributed by atoms with Gasteiger partial charge in [0.15, 0.2) is 11.9 Å². The van der Waals surface area contributed by atoms with Gasteiger partial charge in [0.25, 0.3) is 0 Å². The third-order valence-corrected chi connectivity index (χ3v) is 4.01. The van der Waals surface area contributed by atoms with Gasteiger partial charge in [-0.15, -0.1) is 0 Å². The summed E-state index contributed by atoms with van der Waals surface area (Å²) < 4.78 is 0. The summed E-state index contributed by atoms with van der Waals surface area (Å²) in [6, 6.07) is 0. The average Bonchev–Trinajstić information content (AvgIpc) is 2.40. The van der Waals surface area contributed by atoms with Crippen LogP contribution in [-0.2, 0) is 0 Å². The van der Waals surface area contributed by atoms with Crippen LogP contribution < -0.4 is 5.32 Å². The van der Waals surface area contributed by atoms with Crippen molar-refractivity contribution in [1.29, 1.82) is 10.8 Å². The van der Waals surface area contributed by atoms with Gasteiger partial charge in [-0.05, 0) is 38.0 Å². The molecule has 2 aliphatic heterocycles. The highest BCUT2D eigenvalue weighted by atomic mass is 15.4. The first-order valence-electron chi connectivity index (χ1n) is 7.11. The summed E-state index contributed by atoms with van der Waals surface area (Å²) in [5, 5.41) is 19.0. The lowest BCUT2D eigenvalue weighted by atomic mass is 10.00. The number of hydrogen-bond donors (Lipinski definition) is 3. The monoisotopic (exact) mass is 251 g/mol. The molecule has 2 rings (SSSR count). The van der Waals surface area contributed by atoms with Gasteiger partial charge in [0.05, 0.1) is 0 Å². The summed E-state index contributed by atoms with van der Waals surface area (Å²) in [5.74, 6) is 1.58. The zero-order chi connectivity index (χ0) is 13.0. The SMILES string of the molecule is CC1CCN(C(=N)NC(=N)N2CCCCC2)CC1. The summed E-state index contributed by atoms with van der Waals surface area (Å²) in [7, 11) is 0. The Hall–Kier alpha value is -1.26. The van der Waals surface area contributed by atoms with E-state index >= 15 is 0 Å². The summed E-state index contributed by atoms with van der Waals surface area (Å²) in [4.78, 5) is 4.10. The zero-order valence-electron chi connectivity index (χ0n) is 11.3. The maximum absolute atomic E-state index is 8.05. The molecule has 0 atom stereocenters. The number of likely N-dealkylation sites (tertiary alicyclic amines) is 2. The molecule has 0 aromatic rings. The Kier molecular flexibility index (Phi) is 4.44. The van der Waals surface area contributed by atoms with Crippen molar-refractivity contribution < 1.29 is 0 Å². The van der Waals surface area contributed by atoms with E-state index in [2.05, 4.69) is 17.1 Å². The number of piperidine rings is 2. The molecule has 0 unspecified atom stereocenters. The van der Waals surface area contributed by atoms with E-state index in [9.17, 15) is 0 Å². The maximum Gasteiger partial charge on any atom is 0.197 e. The van der Waals surface area contributed by atoms with Gasteiger partial charge in [-0.3, -0.25) is 16.1 Å². The Balaban J connectivity index is 1.77. The van der Waals surface area contributed by atoms with Gasteiger partial charge in [0, 0.05) is 26.2 Å². The first-order chi connectivity index (χ1) is 8.66. The lowest BCUT2D eigenvalue weighted by molar-refractivity contribution is 0.272. The van der Waals surface area contributed by atoms with Crippen molar-refractivity contribution in [3.63, 3.8) is 0 Å². The number of nitrogens with one attached hydrogen (secondary N) is 3. The fourth-order valence-electron chi connectivity index (χ4n) is 2.62. The molecule has 0 spiro atoms. The largest absolute Gasteiger partial charge is 0.343 e. The van der Waals surface area contributed by atoms with Crippen molar-refractivity contribution >= 4 is 11.9 Å². The van der Waals surface area contributed by atoms with Crippen molar-refractivity contribution in [3.05, 3.63) is 0 Å². The smallest absolute Gasteiger partial charge is 0.197 e. The van der Waals surface area contributed by atoms with E-state index in [1.54, 1.807) is 0 Å². The van der Waals surface area contributed by atoms with Gasteiger partial charge < -0.3 is 9.80 Å². The van der Waals surface area contributed by atoms with Crippen molar-refractivity contribution in [2.75, 3.05) is 26.2 Å². The molecule has 0 aromatic heterocycles. The predicted molar refractivity (Wildman–Crippen MR) is 74.0 cm³/mol. The molecule has 2 saturated heterocycles. The molecule has 102 valence electrons. The van der Waals surface area contributed by atoms with Crippen molar-refractivity contribution in [1.82, 2.24) is 15.1 Å². The van der Waals surface area contributed by atoms with Gasteiger partial charge in [-0.2, -0.15) is 0 Å². The second-order valence-corrected chi connectivity index (χ2v) is 5.54. The van der Waals surface area contributed by atoms with Gasteiger partial charge in [-0.25, -0.2) is 0 Å². The second-order valence-electron chi connectivity index (χ2n) is 5.54. The Bertz CT molecular complexity index is 301. The van der Waals surface area contributed by atoms with Gasteiger partial charge >= 0.3 is 0 Å². The summed E-state index contributed by atoms with van der Waals surface area (Å²) in [5.41, 5.74) is 0. The van der Waals surface area contributed by atoms with Crippen LogP contribution in [0.15, 0.2) is 0 Å². The molecule has 0 amide bonds. The van der Waals surface area contributed by atoms with Gasteiger partial charge in [0.1, 0.15) is 0 Å². The minimum Gasteiger partial charge on any atom is -0.343 e. The number of rotatable bonds is 0. The minimum absolute atomic E-state index is 0.400. The Labute approximate surface area is 110 Å². The van der Waals surface area contributed by atoms with E-state index in [0.717, 1.165) is 44.9 Å². The lowest BCUT2D eigenvalue weighted by Crippen LogP contribution is -2.52. The standard InChI is InChI=1S/C13H25N5/c1-11-5-9-18(10-6-11)13(15)16-12(14)17-7-3-2-4-8-17/h11H,2-10H2,1H3,(H3,14,15,16). The molecule has 3 N–H and O–H groups in total. The summed E-state index contributed by atoms with van der Waals surface area (Å²) >= 11 is 0. The molecular weight excluding hydrogens is 226 g/mol. The van der Waals surface area contributed by atoms with Crippen molar-refractivity contribution in [3.8, 4) is 0 Å². The molecule has 0 saturated carbocycles. The predicted octanol–water partition coefficient (Wildman–Crippen LogP) is 1.66. The normalized spacial score (nSPS) is 21.8. The zero-order valence-corrected chi connectivity index (χ0v) is 11.3. The highest BCUT2D eigenvalue weighted by Crippen LogP contribution is 2.15. The molecule has 18 heavy (non-hydrogen) atoms. The number of nitrogens with zero attached hydrogens (tertiary/aromatic N) is 2. The Morgan fingerprint density at radius 1 is 0.889 bits per heavy atom. The quantitative estimate of drug-likeness (QED) is 0.453. The van der Waals surface area contributed by atoms with Crippen LogP contribution in [0.1, 0.15) is 39.0 Å². The molecule has 0 aromatic carbocycles. The molecule has 0 bridgehead atoms. The molecule has 2 aliphatic rings. The molecular formula is C13H25N5. The summed E-state index contributed by atoms with van der Waals surface area (Å²) in [6.07, 6.45) is 5.91. The Morgan fingerprint density at radius 2 is 1.39 bits per heavy atom. The van der Waals surface area contributed by atoms with Crippen molar-refractivity contribution in [2.45, 2.75) is 39.0 Å². The lowest BCUT2D eigenvalue weighted by Gasteiger charge is -2.34. The highest BCUT2D eigenvalue weighted by Gasteiger charge is 2.20. The van der Waals surface area contributed by atoms with Crippen LogP contribution in [0.25, 0.3) is 0 Å². The van der Waals surface area contributed by atoms with Crippen LogP contribution >= 0.6 is 0 Å². The molecule has 5 nitrogen and oxygen atoms in total. The minimum atomic E-state index is 0.400. The third kappa shape index (κ3) is 3.37. The first kappa shape index (κ1) is 13.2. The average molecular weight is 251 g/mol. The van der Waals surface area contributed by atoms with E-state index < -0.39 is 0 Å². The van der Waals surface area contributed by atoms with E-state index in [0.29, 0.717) is 11.9 Å². The van der Waals surface area contributed by atoms with E-state index in [1.165, 1.54) is 19.3 Å². The fraction of sp³-hybridized carbons (Fsp3) is 0.846. The molecule has 2 fully saturated rings. The first-order valence-corrected chi connectivity index (χ1v) is 7.11. The number of hydrogen-bond acceptors (Lipinski definition) is 2. The molecule has 5 heteroatoms. The summed E-state index contributed by atoms with van der Waals surface area (Å²) in [6.45, 7) is 6.07. The second kappa shape index (κ2) is 6.07. The van der Waals surface area contributed by atoms with Crippen LogP contribution in [0.3, 0.4) is 0 Å². The molecule has 0 aliphatic carbocycles. The van der Waals surface area contributed by atoms with Crippen LogP contribution in [0.2, 0.25) is 0 Å². The maximum atomic E-state index is 8.05. The van der Waals surface area contributed by atoms with Crippen LogP contribution in [0.5, 0.6) is 0 Å². The van der Waals surface area contributed by atoms with Crippen molar-refractivity contribution in [2.24, 2.45) is 5.92 Å². The topological polar surface area (TPSA) is 66.2 Å². The van der Waals surface area contributed by atoms with E-state index in [4.69, 9.17) is 10.8 Å². The Morgan fingerprint density at radius 3 is 1.94 bits per heavy atom. The van der Waals surface area contributed by atoms with E-state index in [-0.39, 0.29) is 0 Å². The van der Waals surface area contributed by atoms with Crippen LogP contribution in [-0.4, -0.2) is 47.9 Å². The fourth-order valence-corrected chi connectivity index (χ4v) is 2.62. The third-order valence-electron chi connectivity index (χ3n) is 4.01. The van der Waals surface area contributed by atoms with Gasteiger partial charge in [0.2, 0.25) is 0 Å².